The molecule has 0 aliphatic carbocycles. The summed E-state index contributed by atoms with van der Waals surface area (Å²) in [5.41, 5.74) is 2.10. The maximum atomic E-state index is 4.71. The van der Waals surface area contributed by atoms with E-state index in [1.165, 1.54) is 12.8 Å². The number of aromatic nitrogens is 2. The SMILES string of the molecule is Brc1cccc(-c2ccnc(C3CCCCN3)n2)c1. The van der Waals surface area contributed by atoms with Crippen LogP contribution < -0.4 is 5.32 Å². The Morgan fingerprint density at radius 2 is 2.16 bits per heavy atom. The molecule has 1 unspecified atom stereocenters. The summed E-state index contributed by atoms with van der Waals surface area (Å²) in [5, 5.41) is 3.49. The normalized spacial score (nSPS) is 19.3. The Bertz CT molecular complexity index is 565. The first-order chi connectivity index (χ1) is 9.33. The van der Waals surface area contributed by atoms with Crippen LogP contribution in [0.25, 0.3) is 11.3 Å². The molecule has 2 heterocycles. The van der Waals surface area contributed by atoms with Crippen LogP contribution in [-0.4, -0.2) is 16.5 Å². The van der Waals surface area contributed by atoms with E-state index in [2.05, 4.69) is 38.4 Å². The summed E-state index contributed by atoms with van der Waals surface area (Å²) in [4.78, 5) is 9.14. The molecule has 0 radical (unpaired) electrons. The number of nitrogens with one attached hydrogen (secondary N) is 1. The Balaban J connectivity index is 1.91. The monoisotopic (exact) mass is 317 g/mol. The molecule has 1 aliphatic rings. The molecule has 0 spiro atoms. The third-order valence-electron chi connectivity index (χ3n) is 3.42. The van der Waals surface area contributed by atoms with Gasteiger partial charge < -0.3 is 5.32 Å². The highest BCUT2D eigenvalue weighted by Crippen LogP contribution is 2.24. The first-order valence-corrected chi connectivity index (χ1v) is 7.44. The van der Waals surface area contributed by atoms with Crippen molar-refractivity contribution < 1.29 is 0 Å². The molecular weight excluding hydrogens is 302 g/mol. The number of piperidine rings is 1. The topological polar surface area (TPSA) is 37.8 Å². The molecule has 1 N–H and O–H groups in total. The Kier molecular flexibility index (Phi) is 3.89. The molecule has 19 heavy (non-hydrogen) atoms. The minimum Gasteiger partial charge on any atom is -0.307 e. The van der Waals surface area contributed by atoms with Crippen LogP contribution in [0.15, 0.2) is 41.0 Å². The van der Waals surface area contributed by atoms with Crippen molar-refractivity contribution >= 4 is 15.9 Å². The van der Waals surface area contributed by atoms with Crippen molar-refractivity contribution in [2.24, 2.45) is 0 Å². The van der Waals surface area contributed by atoms with E-state index in [1.807, 2.05) is 24.4 Å². The number of benzene rings is 1. The molecule has 0 amide bonds. The molecule has 1 aromatic carbocycles. The molecule has 4 heteroatoms. The molecule has 2 aromatic rings. The van der Waals surface area contributed by atoms with E-state index in [0.29, 0.717) is 6.04 Å². The van der Waals surface area contributed by atoms with E-state index >= 15 is 0 Å². The molecule has 0 bridgehead atoms. The number of nitrogens with zero attached hydrogens (tertiary/aromatic N) is 2. The molecule has 1 saturated heterocycles. The molecule has 3 rings (SSSR count). The third-order valence-corrected chi connectivity index (χ3v) is 3.91. The summed E-state index contributed by atoms with van der Waals surface area (Å²) >= 11 is 3.50. The van der Waals surface area contributed by atoms with Gasteiger partial charge in [0, 0.05) is 16.2 Å². The maximum absolute atomic E-state index is 4.71. The molecular formula is C15H16BrN3. The Hall–Kier alpha value is -1.26. The number of halogens is 1. The number of rotatable bonds is 2. The van der Waals surface area contributed by atoms with Crippen LogP contribution in [0.3, 0.4) is 0 Å². The minimum atomic E-state index is 0.306. The lowest BCUT2D eigenvalue weighted by Gasteiger charge is -2.22. The zero-order valence-electron chi connectivity index (χ0n) is 10.6. The second kappa shape index (κ2) is 5.80. The van der Waals surface area contributed by atoms with Gasteiger partial charge in [-0.2, -0.15) is 0 Å². The zero-order chi connectivity index (χ0) is 13.1. The summed E-state index contributed by atoms with van der Waals surface area (Å²) < 4.78 is 1.07. The largest absolute Gasteiger partial charge is 0.307 e. The lowest BCUT2D eigenvalue weighted by Crippen LogP contribution is -2.28. The highest BCUT2D eigenvalue weighted by molar-refractivity contribution is 9.10. The average Bonchev–Trinajstić information content (AvgIpc) is 2.48. The van der Waals surface area contributed by atoms with Gasteiger partial charge in [0.25, 0.3) is 0 Å². The van der Waals surface area contributed by atoms with Gasteiger partial charge in [-0.3, -0.25) is 0 Å². The molecule has 0 saturated carbocycles. The molecule has 3 nitrogen and oxygen atoms in total. The van der Waals surface area contributed by atoms with E-state index in [4.69, 9.17) is 4.98 Å². The summed E-state index contributed by atoms with van der Waals surface area (Å²) in [6, 6.07) is 10.5. The first kappa shape index (κ1) is 12.8. The van der Waals surface area contributed by atoms with Crippen molar-refractivity contribution in [2.75, 3.05) is 6.54 Å². The molecule has 1 aliphatic heterocycles. The van der Waals surface area contributed by atoms with E-state index in [0.717, 1.165) is 34.5 Å². The van der Waals surface area contributed by atoms with Crippen molar-refractivity contribution in [2.45, 2.75) is 25.3 Å². The highest BCUT2D eigenvalue weighted by Gasteiger charge is 2.17. The van der Waals surface area contributed by atoms with Gasteiger partial charge in [0.1, 0.15) is 5.82 Å². The quantitative estimate of drug-likeness (QED) is 0.917. The highest BCUT2D eigenvalue weighted by atomic mass is 79.9. The Labute approximate surface area is 121 Å². The second-order valence-electron chi connectivity index (χ2n) is 4.81. The Morgan fingerprint density at radius 1 is 1.21 bits per heavy atom. The minimum absolute atomic E-state index is 0.306. The van der Waals surface area contributed by atoms with Crippen molar-refractivity contribution in [3.8, 4) is 11.3 Å². The van der Waals surface area contributed by atoms with Crippen LogP contribution in [0.5, 0.6) is 0 Å². The van der Waals surface area contributed by atoms with Crippen LogP contribution in [0.4, 0.5) is 0 Å². The van der Waals surface area contributed by atoms with Crippen molar-refractivity contribution in [3.63, 3.8) is 0 Å². The van der Waals surface area contributed by atoms with E-state index < -0.39 is 0 Å². The molecule has 1 aromatic heterocycles. The summed E-state index contributed by atoms with van der Waals surface area (Å²) in [7, 11) is 0. The fraction of sp³-hybridized carbons (Fsp3) is 0.333. The van der Waals surface area contributed by atoms with Gasteiger partial charge in [-0.1, -0.05) is 34.5 Å². The lowest BCUT2D eigenvalue weighted by molar-refractivity contribution is 0.397. The van der Waals surface area contributed by atoms with Crippen LogP contribution in [0, 0.1) is 0 Å². The van der Waals surface area contributed by atoms with Gasteiger partial charge in [0.05, 0.1) is 11.7 Å². The standard InChI is InChI=1S/C15H16BrN3/c16-12-5-3-4-11(10-12)13-7-9-18-15(19-13)14-6-1-2-8-17-14/h3-5,7,9-10,14,17H,1-2,6,8H2. The molecule has 1 atom stereocenters. The van der Waals surface area contributed by atoms with Crippen LogP contribution in [-0.2, 0) is 0 Å². The van der Waals surface area contributed by atoms with Gasteiger partial charge in [-0.25, -0.2) is 9.97 Å². The lowest BCUT2D eigenvalue weighted by atomic mass is 10.0. The number of hydrogen-bond acceptors (Lipinski definition) is 3. The van der Waals surface area contributed by atoms with Crippen LogP contribution in [0.1, 0.15) is 31.1 Å². The van der Waals surface area contributed by atoms with Crippen molar-refractivity contribution in [1.29, 1.82) is 0 Å². The van der Waals surface area contributed by atoms with E-state index in [-0.39, 0.29) is 0 Å². The summed E-state index contributed by atoms with van der Waals surface area (Å²) in [6.45, 7) is 1.06. The van der Waals surface area contributed by atoms with Crippen LogP contribution in [0.2, 0.25) is 0 Å². The van der Waals surface area contributed by atoms with Gasteiger partial charge in [0.15, 0.2) is 0 Å². The van der Waals surface area contributed by atoms with Crippen molar-refractivity contribution in [1.82, 2.24) is 15.3 Å². The van der Waals surface area contributed by atoms with Gasteiger partial charge in [-0.15, -0.1) is 0 Å². The van der Waals surface area contributed by atoms with Crippen LogP contribution >= 0.6 is 15.9 Å². The zero-order valence-corrected chi connectivity index (χ0v) is 12.2. The Morgan fingerprint density at radius 3 is 2.95 bits per heavy atom. The fourth-order valence-corrected chi connectivity index (χ4v) is 2.82. The number of hydrogen-bond donors (Lipinski definition) is 1. The maximum Gasteiger partial charge on any atom is 0.145 e. The second-order valence-corrected chi connectivity index (χ2v) is 5.73. The molecule has 1 fully saturated rings. The van der Waals surface area contributed by atoms with E-state index in [9.17, 15) is 0 Å². The predicted molar refractivity (Wildman–Crippen MR) is 79.8 cm³/mol. The smallest absolute Gasteiger partial charge is 0.145 e. The third kappa shape index (κ3) is 3.01. The van der Waals surface area contributed by atoms with Crippen molar-refractivity contribution in [3.05, 3.63) is 46.8 Å². The van der Waals surface area contributed by atoms with Gasteiger partial charge in [-0.05, 0) is 37.6 Å². The van der Waals surface area contributed by atoms with Gasteiger partial charge in [0.2, 0.25) is 0 Å². The van der Waals surface area contributed by atoms with Gasteiger partial charge >= 0.3 is 0 Å². The summed E-state index contributed by atoms with van der Waals surface area (Å²) in [5.74, 6) is 0.914. The average molecular weight is 318 g/mol. The predicted octanol–water partition coefficient (Wildman–Crippen LogP) is 3.72. The molecule has 98 valence electrons. The van der Waals surface area contributed by atoms with E-state index in [1.54, 1.807) is 0 Å². The summed E-state index contributed by atoms with van der Waals surface area (Å²) in [6.07, 6.45) is 5.49. The fourth-order valence-electron chi connectivity index (χ4n) is 2.42. The first-order valence-electron chi connectivity index (χ1n) is 6.65.